The molecule has 0 saturated carbocycles. The van der Waals surface area contributed by atoms with Gasteiger partial charge in [-0.25, -0.2) is 0 Å². The lowest BCUT2D eigenvalue weighted by Gasteiger charge is -2.26. The van der Waals surface area contributed by atoms with E-state index in [4.69, 9.17) is 5.11 Å². The van der Waals surface area contributed by atoms with Gasteiger partial charge in [0.05, 0.1) is 18.1 Å². The average molecular weight is 331 g/mol. The van der Waals surface area contributed by atoms with Crippen LogP contribution in [0.15, 0.2) is 0 Å². The Kier molecular flexibility index (Phi) is 13.4. The molecule has 0 radical (unpaired) electrons. The van der Waals surface area contributed by atoms with E-state index in [-0.39, 0.29) is 0 Å². The van der Waals surface area contributed by atoms with Crippen molar-refractivity contribution in [3.63, 3.8) is 0 Å². The van der Waals surface area contributed by atoms with Gasteiger partial charge in [0.15, 0.2) is 0 Å². The van der Waals surface area contributed by atoms with Crippen molar-refractivity contribution in [2.24, 2.45) is 11.8 Å². The Bertz CT molecular complexity index is 299. The number of aliphatic hydroxyl groups is 2. The lowest BCUT2D eigenvalue weighted by molar-refractivity contribution is -0.147. The zero-order valence-electron chi connectivity index (χ0n) is 15.1. The number of unbranched alkanes of at least 4 members (excludes halogenated alkanes) is 7. The van der Waals surface area contributed by atoms with Crippen molar-refractivity contribution in [3.8, 4) is 0 Å². The van der Waals surface area contributed by atoms with E-state index in [0.717, 1.165) is 13.0 Å². The fraction of sp³-hybridized carbons (Fsp3) is 0.944. The fourth-order valence-corrected chi connectivity index (χ4v) is 2.65. The lowest BCUT2D eigenvalue weighted by atomic mass is 9.89. The summed E-state index contributed by atoms with van der Waals surface area (Å²) < 4.78 is 0. The van der Waals surface area contributed by atoms with E-state index in [1.165, 1.54) is 51.9 Å². The van der Waals surface area contributed by atoms with Crippen LogP contribution in [-0.4, -0.2) is 46.6 Å². The van der Waals surface area contributed by atoms with Crippen LogP contribution in [0, 0.1) is 11.8 Å². The molecule has 138 valence electrons. The van der Waals surface area contributed by atoms with E-state index < -0.39 is 30.0 Å². The number of hydrogen-bond acceptors (Lipinski definition) is 4. The highest BCUT2D eigenvalue weighted by Crippen LogP contribution is 2.16. The van der Waals surface area contributed by atoms with Crippen molar-refractivity contribution in [2.75, 3.05) is 13.1 Å². The van der Waals surface area contributed by atoms with Gasteiger partial charge in [0.25, 0.3) is 0 Å². The third-order valence-electron chi connectivity index (χ3n) is 4.61. The predicted octanol–water partition coefficient (Wildman–Crippen LogP) is 2.80. The average Bonchev–Trinajstić information content (AvgIpc) is 2.54. The summed E-state index contributed by atoms with van der Waals surface area (Å²) in [4.78, 5) is 10.9. The largest absolute Gasteiger partial charge is 0.481 e. The predicted molar refractivity (Wildman–Crippen MR) is 93.5 cm³/mol. The van der Waals surface area contributed by atoms with Gasteiger partial charge in [0.1, 0.15) is 0 Å². The van der Waals surface area contributed by atoms with Crippen LogP contribution in [0.25, 0.3) is 0 Å². The molecule has 5 nitrogen and oxygen atoms in total. The molecular weight excluding hydrogens is 294 g/mol. The summed E-state index contributed by atoms with van der Waals surface area (Å²) >= 11 is 0. The molecule has 0 unspecified atom stereocenters. The maximum absolute atomic E-state index is 10.9. The quantitative estimate of drug-likeness (QED) is 0.346. The molecule has 0 aromatic carbocycles. The van der Waals surface area contributed by atoms with Crippen LogP contribution in [0.1, 0.15) is 72.1 Å². The number of carboxylic acids is 1. The van der Waals surface area contributed by atoms with E-state index >= 15 is 0 Å². The van der Waals surface area contributed by atoms with Gasteiger partial charge in [-0.15, -0.1) is 0 Å². The summed E-state index contributed by atoms with van der Waals surface area (Å²) in [5, 5.41) is 32.0. The third kappa shape index (κ3) is 10.7. The van der Waals surface area contributed by atoms with Crippen molar-refractivity contribution in [1.29, 1.82) is 0 Å². The van der Waals surface area contributed by atoms with Crippen LogP contribution in [0.3, 0.4) is 0 Å². The van der Waals surface area contributed by atoms with Gasteiger partial charge in [0.2, 0.25) is 0 Å². The molecule has 0 aliphatic heterocycles. The second-order valence-electron chi connectivity index (χ2n) is 6.72. The Labute approximate surface area is 141 Å². The van der Waals surface area contributed by atoms with E-state index in [2.05, 4.69) is 12.2 Å². The molecule has 23 heavy (non-hydrogen) atoms. The summed E-state index contributed by atoms with van der Waals surface area (Å²) in [6.45, 7) is 6.61. The summed E-state index contributed by atoms with van der Waals surface area (Å²) in [6.07, 6.45) is 8.37. The second kappa shape index (κ2) is 13.8. The molecule has 0 aliphatic carbocycles. The van der Waals surface area contributed by atoms with E-state index in [0.29, 0.717) is 6.54 Å². The third-order valence-corrected chi connectivity index (χ3v) is 4.61. The standard InChI is InChI=1S/C18H37NO4/c1-4-5-6-7-8-9-10-11-12-19-13-16(20)14(2)17(21)15(3)18(22)23/h14-17,19-21H,4-13H2,1-3H3,(H,22,23)/t14-,15+,16+,17-/m1/s1. The van der Waals surface area contributed by atoms with E-state index in [1.807, 2.05) is 0 Å². The molecule has 0 heterocycles. The monoisotopic (exact) mass is 331 g/mol. The summed E-state index contributed by atoms with van der Waals surface area (Å²) in [7, 11) is 0. The van der Waals surface area contributed by atoms with Crippen molar-refractivity contribution in [2.45, 2.75) is 84.3 Å². The highest BCUT2D eigenvalue weighted by atomic mass is 16.4. The zero-order valence-corrected chi connectivity index (χ0v) is 15.1. The SMILES string of the molecule is CCCCCCCCCCNC[C@H](O)[C@@H](C)[C@@H](O)[C@H](C)C(=O)O. The van der Waals surface area contributed by atoms with Crippen LogP contribution in [0.4, 0.5) is 0 Å². The van der Waals surface area contributed by atoms with E-state index in [1.54, 1.807) is 6.92 Å². The Morgan fingerprint density at radius 1 is 0.957 bits per heavy atom. The van der Waals surface area contributed by atoms with Gasteiger partial charge >= 0.3 is 5.97 Å². The number of hydrogen-bond donors (Lipinski definition) is 4. The minimum atomic E-state index is -1.04. The maximum Gasteiger partial charge on any atom is 0.308 e. The number of nitrogens with one attached hydrogen (secondary N) is 1. The van der Waals surface area contributed by atoms with Crippen molar-refractivity contribution < 1.29 is 20.1 Å². The molecule has 4 N–H and O–H groups in total. The highest BCUT2D eigenvalue weighted by molar-refractivity contribution is 5.70. The van der Waals surface area contributed by atoms with Crippen molar-refractivity contribution in [1.82, 2.24) is 5.32 Å². The van der Waals surface area contributed by atoms with Crippen LogP contribution < -0.4 is 5.32 Å². The second-order valence-corrected chi connectivity index (χ2v) is 6.72. The fourth-order valence-electron chi connectivity index (χ4n) is 2.65. The molecule has 0 aromatic heterocycles. The first-order valence-electron chi connectivity index (χ1n) is 9.21. The first-order valence-corrected chi connectivity index (χ1v) is 9.21. The minimum absolute atomic E-state index is 0.390. The Balaban J connectivity index is 3.62. The molecule has 0 saturated heterocycles. The zero-order chi connectivity index (χ0) is 17.7. The Morgan fingerprint density at radius 2 is 1.48 bits per heavy atom. The van der Waals surface area contributed by atoms with E-state index in [9.17, 15) is 15.0 Å². The molecule has 0 spiro atoms. The molecule has 0 rings (SSSR count). The number of carbonyl (C=O) groups is 1. The number of rotatable bonds is 15. The number of carboxylic acid groups (broad SMARTS) is 1. The van der Waals surface area contributed by atoms with Gasteiger partial charge in [-0.1, -0.05) is 58.8 Å². The van der Waals surface area contributed by atoms with Gasteiger partial charge in [-0.2, -0.15) is 0 Å². The van der Waals surface area contributed by atoms with Gasteiger partial charge in [0, 0.05) is 12.5 Å². The van der Waals surface area contributed by atoms with Gasteiger partial charge < -0.3 is 20.6 Å². The lowest BCUT2D eigenvalue weighted by Crippen LogP contribution is -2.41. The first-order chi connectivity index (χ1) is 10.9. The van der Waals surface area contributed by atoms with Crippen LogP contribution >= 0.6 is 0 Å². The Morgan fingerprint density at radius 3 is 2.00 bits per heavy atom. The van der Waals surface area contributed by atoms with Crippen LogP contribution in [-0.2, 0) is 4.79 Å². The molecule has 0 bridgehead atoms. The maximum atomic E-state index is 10.9. The van der Waals surface area contributed by atoms with Crippen LogP contribution in [0.5, 0.6) is 0 Å². The topological polar surface area (TPSA) is 89.8 Å². The normalized spacial score (nSPS) is 16.7. The van der Waals surface area contributed by atoms with Gasteiger partial charge in [-0.05, 0) is 19.9 Å². The molecule has 0 aliphatic rings. The summed E-state index contributed by atoms with van der Waals surface area (Å²) in [5.74, 6) is -2.37. The smallest absolute Gasteiger partial charge is 0.308 e. The highest BCUT2D eigenvalue weighted by Gasteiger charge is 2.30. The van der Waals surface area contributed by atoms with Crippen molar-refractivity contribution >= 4 is 5.97 Å². The van der Waals surface area contributed by atoms with Crippen molar-refractivity contribution in [3.05, 3.63) is 0 Å². The first kappa shape index (κ1) is 22.4. The summed E-state index contributed by atoms with van der Waals surface area (Å²) in [5.41, 5.74) is 0. The molecule has 0 amide bonds. The minimum Gasteiger partial charge on any atom is -0.481 e. The molecule has 5 heteroatoms. The van der Waals surface area contributed by atoms with Gasteiger partial charge in [-0.3, -0.25) is 4.79 Å². The number of aliphatic carboxylic acids is 1. The summed E-state index contributed by atoms with van der Waals surface area (Å²) in [6, 6.07) is 0. The number of aliphatic hydroxyl groups excluding tert-OH is 2. The molecular formula is C18H37NO4. The molecule has 0 fully saturated rings. The van der Waals surface area contributed by atoms with Crippen LogP contribution in [0.2, 0.25) is 0 Å². The Hall–Kier alpha value is -0.650. The molecule has 4 atom stereocenters. The molecule has 0 aromatic rings.